The molecule has 2 aliphatic carbocycles. The van der Waals surface area contributed by atoms with Crippen LogP contribution in [0, 0.1) is 17.3 Å². The summed E-state index contributed by atoms with van der Waals surface area (Å²) in [5.74, 6) is 0.761. The van der Waals surface area contributed by atoms with Crippen LogP contribution in [0.3, 0.4) is 0 Å². The molecule has 0 aromatic carbocycles. The van der Waals surface area contributed by atoms with Crippen LogP contribution < -0.4 is 0 Å². The minimum absolute atomic E-state index is 0.0665. The maximum Gasteiger partial charge on any atom is 0.331 e. The third kappa shape index (κ3) is 3.90. The molecular weight excluding hydrogens is 308 g/mol. The lowest BCUT2D eigenvalue weighted by atomic mass is 9.54. The minimum Gasteiger partial charge on any atom is -0.459 e. The number of thioether (sulfide) groups is 1. The summed E-state index contributed by atoms with van der Waals surface area (Å²) in [4.78, 5) is 24.3. The van der Waals surface area contributed by atoms with Gasteiger partial charge in [0.25, 0.3) is 0 Å². The van der Waals surface area contributed by atoms with Crippen molar-refractivity contribution in [2.45, 2.75) is 59.5 Å². The van der Waals surface area contributed by atoms with Crippen molar-refractivity contribution in [2.24, 2.45) is 17.3 Å². The number of Topliss-reactive ketones (excluding diaryl/α,β-unsaturated/α-hetero) is 1. The largest absolute Gasteiger partial charge is 0.459 e. The molecule has 0 saturated heterocycles. The van der Waals surface area contributed by atoms with Crippen molar-refractivity contribution in [1.82, 2.24) is 0 Å². The lowest BCUT2D eigenvalue weighted by Gasteiger charge is -2.51. The first kappa shape index (κ1) is 18.3. The van der Waals surface area contributed by atoms with Gasteiger partial charge in [0.05, 0.1) is 0 Å². The van der Waals surface area contributed by atoms with Crippen LogP contribution in [0.25, 0.3) is 0 Å². The van der Waals surface area contributed by atoms with E-state index in [2.05, 4.69) is 13.8 Å². The van der Waals surface area contributed by atoms with Crippen LogP contribution in [0.2, 0.25) is 0 Å². The number of hydrogen-bond donors (Lipinski definition) is 0. The minimum atomic E-state index is -0.271. The van der Waals surface area contributed by atoms with Gasteiger partial charge in [-0.05, 0) is 67.6 Å². The molecule has 0 bridgehead atoms. The van der Waals surface area contributed by atoms with E-state index in [1.54, 1.807) is 5.41 Å². The molecule has 2 saturated carbocycles. The van der Waals surface area contributed by atoms with Crippen LogP contribution in [0.1, 0.15) is 53.4 Å². The van der Waals surface area contributed by atoms with Crippen LogP contribution in [-0.2, 0) is 14.3 Å². The molecule has 2 fully saturated rings. The molecule has 0 radical (unpaired) electrons. The summed E-state index contributed by atoms with van der Waals surface area (Å²) in [6.07, 6.45) is 6.48. The smallest absolute Gasteiger partial charge is 0.331 e. The summed E-state index contributed by atoms with van der Waals surface area (Å²) in [6.45, 7) is 8.62. The predicted octanol–water partition coefficient (Wildman–Crippen LogP) is 4.53. The number of carbonyl (C=O) groups is 2. The Labute approximate surface area is 143 Å². The third-order valence-corrected chi connectivity index (χ3v) is 6.18. The summed E-state index contributed by atoms with van der Waals surface area (Å²) >= 11 is 1.48. The van der Waals surface area contributed by atoms with Gasteiger partial charge in [-0.1, -0.05) is 19.4 Å². The van der Waals surface area contributed by atoms with Gasteiger partial charge >= 0.3 is 5.97 Å². The molecule has 0 spiro atoms. The third-order valence-electron chi connectivity index (χ3n) is 5.77. The van der Waals surface area contributed by atoms with Crippen molar-refractivity contribution in [1.29, 1.82) is 0 Å². The van der Waals surface area contributed by atoms with E-state index in [1.807, 2.05) is 20.1 Å². The van der Waals surface area contributed by atoms with Crippen molar-refractivity contribution in [3.8, 4) is 0 Å². The van der Waals surface area contributed by atoms with Crippen molar-refractivity contribution in [3.63, 3.8) is 0 Å². The number of esters is 1. The Morgan fingerprint density at radius 1 is 1.35 bits per heavy atom. The molecule has 4 heteroatoms. The van der Waals surface area contributed by atoms with E-state index < -0.39 is 0 Å². The fourth-order valence-corrected chi connectivity index (χ4v) is 4.34. The second kappa shape index (κ2) is 7.25. The van der Waals surface area contributed by atoms with Crippen LogP contribution in [-0.4, -0.2) is 24.1 Å². The van der Waals surface area contributed by atoms with Crippen molar-refractivity contribution in [3.05, 3.63) is 22.6 Å². The second-order valence-corrected chi connectivity index (χ2v) is 8.20. The fraction of sp³-hybridized carbons (Fsp3) is 0.684. The van der Waals surface area contributed by atoms with E-state index >= 15 is 0 Å². The van der Waals surface area contributed by atoms with Gasteiger partial charge in [0, 0.05) is 12.5 Å². The Kier molecular flexibility index (Phi) is 5.77. The van der Waals surface area contributed by atoms with Gasteiger partial charge in [0.2, 0.25) is 0 Å². The van der Waals surface area contributed by atoms with E-state index in [1.165, 1.54) is 17.8 Å². The quantitative estimate of drug-likeness (QED) is 0.561. The fourth-order valence-electron chi connectivity index (χ4n) is 4.09. The molecule has 0 aromatic rings. The Morgan fingerprint density at radius 3 is 2.65 bits per heavy atom. The summed E-state index contributed by atoms with van der Waals surface area (Å²) < 4.78 is 5.60. The first-order chi connectivity index (χ1) is 10.8. The Morgan fingerprint density at radius 2 is 2.04 bits per heavy atom. The number of ether oxygens (including phenoxy) is 1. The lowest BCUT2D eigenvalue weighted by Crippen LogP contribution is -2.47. The van der Waals surface area contributed by atoms with Gasteiger partial charge in [-0.3, -0.25) is 4.79 Å². The molecule has 4 unspecified atom stereocenters. The standard InChI is InChI=1S/C19H28O3S/c1-12(2)16-11-19(4)13(3)8-15(9-14(19)10-17(16)20)22-18(21)6-7-23-5/h6-7,13-15H,8-11H2,1-5H3/b7-6+. The zero-order valence-corrected chi connectivity index (χ0v) is 15.7. The summed E-state index contributed by atoms with van der Waals surface area (Å²) in [5, 5.41) is 1.74. The summed E-state index contributed by atoms with van der Waals surface area (Å²) in [6, 6.07) is 0. The SMILES string of the molecule is CS/C=C/C(=O)OC1CC(C)C2(C)CC(=C(C)C)C(=O)CC2C1. The average molecular weight is 336 g/mol. The predicted molar refractivity (Wildman–Crippen MR) is 95.1 cm³/mol. The highest BCUT2D eigenvalue weighted by molar-refractivity contribution is 8.01. The molecule has 4 atom stereocenters. The highest BCUT2D eigenvalue weighted by Gasteiger charge is 2.50. The monoisotopic (exact) mass is 336 g/mol. The molecule has 0 amide bonds. The van der Waals surface area contributed by atoms with Gasteiger partial charge in [0.1, 0.15) is 6.10 Å². The molecule has 0 aliphatic heterocycles. The Balaban J connectivity index is 2.12. The van der Waals surface area contributed by atoms with E-state index in [-0.39, 0.29) is 23.3 Å². The Bertz CT molecular complexity index is 545. The lowest BCUT2D eigenvalue weighted by molar-refractivity contribution is -0.151. The van der Waals surface area contributed by atoms with Crippen molar-refractivity contribution < 1.29 is 14.3 Å². The summed E-state index contributed by atoms with van der Waals surface area (Å²) in [5.41, 5.74) is 2.31. The highest BCUT2D eigenvalue weighted by atomic mass is 32.2. The zero-order valence-electron chi connectivity index (χ0n) is 14.8. The number of allylic oxidation sites excluding steroid dienone is 2. The van der Waals surface area contributed by atoms with Gasteiger partial charge in [-0.25, -0.2) is 4.79 Å². The zero-order chi connectivity index (χ0) is 17.2. The highest BCUT2D eigenvalue weighted by Crippen LogP contribution is 2.54. The molecule has 0 aromatic heterocycles. The number of carbonyl (C=O) groups excluding carboxylic acids is 2. The van der Waals surface area contributed by atoms with Crippen LogP contribution >= 0.6 is 11.8 Å². The van der Waals surface area contributed by atoms with Crippen molar-refractivity contribution >= 4 is 23.5 Å². The molecule has 2 aliphatic rings. The Hall–Kier alpha value is -1.03. The molecule has 3 nitrogen and oxygen atoms in total. The van der Waals surface area contributed by atoms with E-state index in [0.717, 1.165) is 30.4 Å². The number of ketones is 1. The maximum absolute atomic E-state index is 12.4. The second-order valence-electron chi connectivity index (χ2n) is 7.46. The molecule has 23 heavy (non-hydrogen) atoms. The molecule has 2 rings (SSSR count). The molecule has 128 valence electrons. The first-order valence-electron chi connectivity index (χ1n) is 8.37. The van der Waals surface area contributed by atoms with E-state index in [9.17, 15) is 9.59 Å². The number of rotatable bonds is 3. The van der Waals surface area contributed by atoms with Gasteiger partial charge in [-0.2, -0.15) is 0 Å². The molecular formula is C19H28O3S. The normalized spacial score (nSPS) is 34.4. The molecule has 0 heterocycles. The number of fused-ring (bicyclic) bond motifs is 1. The van der Waals surface area contributed by atoms with E-state index in [0.29, 0.717) is 18.3 Å². The van der Waals surface area contributed by atoms with Crippen LogP contribution in [0.15, 0.2) is 22.6 Å². The van der Waals surface area contributed by atoms with Gasteiger partial charge < -0.3 is 4.74 Å². The van der Waals surface area contributed by atoms with Gasteiger partial charge in [-0.15, -0.1) is 11.8 Å². The molecule has 0 N–H and O–H groups in total. The van der Waals surface area contributed by atoms with Crippen molar-refractivity contribution in [2.75, 3.05) is 6.26 Å². The van der Waals surface area contributed by atoms with Gasteiger partial charge in [0.15, 0.2) is 5.78 Å². The average Bonchev–Trinajstić information content (AvgIpc) is 2.47. The van der Waals surface area contributed by atoms with E-state index in [4.69, 9.17) is 4.74 Å². The number of hydrogen-bond acceptors (Lipinski definition) is 4. The topological polar surface area (TPSA) is 43.4 Å². The first-order valence-corrected chi connectivity index (χ1v) is 9.66. The summed E-state index contributed by atoms with van der Waals surface area (Å²) in [7, 11) is 0. The van der Waals surface area contributed by atoms with Crippen LogP contribution in [0.4, 0.5) is 0 Å². The maximum atomic E-state index is 12.4. The van der Waals surface area contributed by atoms with Crippen LogP contribution in [0.5, 0.6) is 0 Å².